The lowest BCUT2D eigenvalue weighted by atomic mass is 10.1. The molecule has 5 nitrogen and oxygen atoms in total. The van der Waals surface area contributed by atoms with Gasteiger partial charge in [-0.15, -0.1) is 0 Å². The van der Waals surface area contributed by atoms with Gasteiger partial charge in [-0.2, -0.15) is 4.31 Å². The smallest absolute Gasteiger partial charge is 0.246 e. The van der Waals surface area contributed by atoms with E-state index in [2.05, 4.69) is 24.0 Å². The molecule has 140 valence electrons. The molecule has 1 saturated heterocycles. The van der Waals surface area contributed by atoms with Crippen molar-refractivity contribution >= 4 is 15.7 Å². The summed E-state index contributed by atoms with van der Waals surface area (Å²) in [6.07, 6.45) is 0.967. The van der Waals surface area contributed by atoms with Gasteiger partial charge in [0.05, 0.1) is 7.11 Å². The van der Waals surface area contributed by atoms with Gasteiger partial charge in [-0.25, -0.2) is 8.42 Å². The van der Waals surface area contributed by atoms with Crippen molar-refractivity contribution in [3.8, 4) is 5.75 Å². The van der Waals surface area contributed by atoms with Crippen LogP contribution in [0.1, 0.15) is 18.1 Å². The number of anilines is 1. The highest BCUT2D eigenvalue weighted by Crippen LogP contribution is 2.29. The molecule has 0 spiro atoms. The zero-order chi connectivity index (χ0) is 18.7. The van der Waals surface area contributed by atoms with E-state index in [0.29, 0.717) is 31.9 Å². The average Bonchev–Trinajstić information content (AvgIpc) is 2.68. The fraction of sp³-hybridized carbons (Fsp3) is 0.400. The molecule has 0 amide bonds. The van der Waals surface area contributed by atoms with Crippen molar-refractivity contribution in [1.82, 2.24) is 4.31 Å². The Hall–Kier alpha value is -2.05. The molecule has 2 aromatic carbocycles. The molecule has 1 aliphatic heterocycles. The summed E-state index contributed by atoms with van der Waals surface area (Å²) in [4.78, 5) is 2.53. The van der Waals surface area contributed by atoms with Crippen LogP contribution in [0.3, 0.4) is 0 Å². The average molecular weight is 375 g/mol. The third-order valence-corrected chi connectivity index (χ3v) is 6.81. The maximum Gasteiger partial charge on any atom is 0.246 e. The van der Waals surface area contributed by atoms with Gasteiger partial charge in [0.1, 0.15) is 10.6 Å². The van der Waals surface area contributed by atoms with Gasteiger partial charge < -0.3 is 9.64 Å². The number of ether oxygens (including phenoxy) is 1. The zero-order valence-corrected chi connectivity index (χ0v) is 16.4. The van der Waals surface area contributed by atoms with Crippen molar-refractivity contribution < 1.29 is 13.2 Å². The number of para-hydroxylation sites is 1. The summed E-state index contributed by atoms with van der Waals surface area (Å²) in [6, 6.07) is 13.6. The number of piperazine rings is 1. The second kappa shape index (κ2) is 7.68. The molecule has 26 heavy (non-hydrogen) atoms. The van der Waals surface area contributed by atoms with E-state index in [-0.39, 0.29) is 4.90 Å². The number of sulfonamides is 1. The van der Waals surface area contributed by atoms with E-state index in [1.807, 2.05) is 25.1 Å². The predicted octanol–water partition coefficient (Wildman–Crippen LogP) is 3.08. The van der Waals surface area contributed by atoms with Crippen molar-refractivity contribution in [1.29, 1.82) is 0 Å². The second-order valence-corrected chi connectivity index (χ2v) is 8.43. The van der Waals surface area contributed by atoms with Crippen LogP contribution in [0.2, 0.25) is 0 Å². The number of aryl methyl sites for hydroxylation is 2. The van der Waals surface area contributed by atoms with Gasteiger partial charge in [-0.05, 0) is 42.7 Å². The van der Waals surface area contributed by atoms with E-state index in [4.69, 9.17) is 4.74 Å². The fourth-order valence-electron chi connectivity index (χ4n) is 3.41. The molecule has 0 aliphatic carbocycles. The number of benzene rings is 2. The number of rotatable bonds is 5. The Kier molecular flexibility index (Phi) is 5.53. The van der Waals surface area contributed by atoms with Gasteiger partial charge >= 0.3 is 0 Å². The van der Waals surface area contributed by atoms with Crippen LogP contribution in [-0.4, -0.2) is 46.0 Å². The third-order valence-electron chi connectivity index (χ3n) is 4.89. The Bertz CT molecular complexity index is 872. The van der Waals surface area contributed by atoms with Crippen LogP contribution in [0.4, 0.5) is 5.69 Å². The van der Waals surface area contributed by atoms with Crippen LogP contribution in [0.25, 0.3) is 0 Å². The third kappa shape index (κ3) is 3.57. The quantitative estimate of drug-likeness (QED) is 0.807. The van der Waals surface area contributed by atoms with Crippen LogP contribution < -0.4 is 9.64 Å². The van der Waals surface area contributed by atoms with Crippen molar-refractivity contribution in [2.24, 2.45) is 0 Å². The Labute approximate surface area is 156 Å². The molecule has 0 aromatic heterocycles. The van der Waals surface area contributed by atoms with Crippen molar-refractivity contribution in [2.45, 2.75) is 25.2 Å². The topological polar surface area (TPSA) is 49.9 Å². The van der Waals surface area contributed by atoms with Crippen LogP contribution in [0.15, 0.2) is 47.4 Å². The van der Waals surface area contributed by atoms with Crippen LogP contribution in [0, 0.1) is 6.92 Å². The molecule has 0 radical (unpaired) electrons. The van der Waals surface area contributed by atoms with E-state index in [9.17, 15) is 8.42 Å². The number of methoxy groups -OCH3 is 1. The van der Waals surface area contributed by atoms with Gasteiger partial charge in [-0.1, -0.05) is 31.2 Å². The van der Waals surface area contributed by atoms with Crippen molar-refractivity contribution in [3.63, 3.8) is 0 Å². The largest absolute Gasteiger partial charge is 0.495 e. The first-order valence-corrected chi connectivity index (χ1v) is 10.4. The minimum absolute atomic E-state index is 0.252. The molecule has 0 N–H and O–H groups in total. The molecule has 1 heterocycles. The van der Waals surface area contributed by atoms with E-state index in [1.54, 1.807) is 16.4 Å². The van der Waals surface area contributed by atoms with Crippen LogP contribution in [0.5, 0.6) is 5.75 Å². The van der Waals surface area contributed by atoms with Gasteiger partial charge in [0.2, 0.25) is 10.0 Å². The summed E-state index contributed by atoms with van der Waals surface area (Å²) >= 11 is 0. The molecule has 0 bridgehead atoms. The van der Waals surface area contributed by atoms with Crippen molar-refractivity contribution in [2.75, 3.05) is 38.2 Å². The summed E-state index contributed by atoms with van der Waals surface area (Å²) in [5.41, 5.74) is 3.41. The molecule has 0 unspecified atom stereocenters. The van der Waals surface area contributed by atoms with E-state index < -0.39 is 10.0 Å². The van der Waals surface area contributed by atoms with Gasteiger partial charge in [0.15, 0.2) is 0 Å². The van der Waals surface area contributed by atoms with E-state index >= 15 is 0 Å². The molecular weight excluding hydrogens is 348 g/mol. The summed E-state index contributed by atoms with van der Waals surface area (Å²) in [5.74, 6) is 0.398. The number of hydrogen-bond acceptors (Lipinski definition) is 4. The minimum Gasteiger partial charge on any atom is -0.495 e. The maximum absolute atomic E-state index is 13.1. The summed E-state index contributed by atoms with van der Waals surface area (Å²) < 4.78 is 33.1. The molecule has 0 saturated carbocycles. The van der Waals surface area contributed by atoms with Crippen molar-refractivity contribution in [3.05, 3.63) is 53.6 Å². The Morgan fingerprint density at radius 3 is 2.38 bits per heavy atom. The monoisotopic (exact) mass is 374 g/mol. The highest BCUT2D eigenvalue weighted by Gasteiger charge is 2.31. The Morgan fingerprint density at radius 1 is 1.04 bits per heavy atom. The Morgan fingerprint density at radius 2 is 1.73 bits per heavy atom. The molecule has 1 fully saturated rings. The van der Waals surface area contributed by atoms with E-state index in [0.717, 1.165) is 12.0 Å². The summed E-state index contributed by atoms with van der Waals surface area (Å²) in [6.45, 7) is 6.34. The summed E-state index contributed by atoms with van der Waals surface area (Å²) in [5, 5.41) is 0. The first-order valence-electron chi connectivity index (χ1n) is 8.95. The Balaban J connectivity index is 1.80. The minimum atomic E-state index is -3.57. The van der Waals surface area contributed by atoms with Crippen LogP contribution >= 0.6 is 0 Å². The molecule has 1 aliphatic rings. The molecule has 3 rings (SSSR count). The van der Waals surface area contributed by atoms with Gasteiger partial charge in [0.25, 0.3) is 0 Å². The van der Waals surface area contributed by atoms with Gasteiger partial charge in [-0.3, -0.25) is 0 Å². The lowest BCUT2D eigenvalue weighted by Crippen LogP contribution is -2.49. The number of hydrogen-bond donors (Lipinski definition) is 0. The molecular formula is C20H26N2O3S. The van der Waals surface area contributed by atoms with Gasteiger partial charge in [0, 0.05) is 31.9 Å². The highest BCUT2D eigenvalue weighted by atomic mass is 32.2. The van der Waals surface area contributed by atoms with E-state index in [1.165, 1.54) is 18.4 Å². The zero-order valence-electron chi connectivity index (χ0n) is 15.6. The molecule has 2 aromatic rings. The van der Waals surface area contributed by atoms with Crippen LogP contribution in [-0.2, 0) is 16.4 Å². The highest BCUT2D eigenvalue weighted by molar-refractivity contribution is 7.89. The molecule has 0 atom stereocenters. The lowest BCUT2D eigenvalue weighted by molar-refractivity contribution is 0.374. The summed E-state index contributed by atoms with van der Waals surface area (Å²) in [7, 11) is -2.06. The standard InChI is InChI=1S/C20H26N2O3S/c1-4-17-7-5-6-8-18(17)21-11-13-22(14-12-21)26(23,24)20-15-16(2)9-10-19(20)25-3/h5-10,15H,4,11-14H2,1-3H3. The first-order chi connectivity index (χ1) is 12.5. The second-order valence-electron chi connectivity index (χ2n) is 6.53. The molecule has 6 heteroatoms. The number of nitrogens with zero attached hydrogens (tertiary/aromatic N) is 2. The SMILES string of the molecule is CCc1ccccc1N1CCN(S(=O)(=O)c2cc(C)ccc2OC)CC1. The fourth-order valence-corrected chi connectivity index (χ4v) is 5.07. The predicted molar refractivity (Wildman–Crippen MR) is 105 cm³/mol. The maximum atomic E-state index is 13.1. The lowest BCUT2D eigenvalue weighted by Gasteiger charge is -2.36. The first kappa shape index (κ1) is 18.7. The normalized spacial score (nSPS) is 15.9.